The molecule has 2 amide bonds. The van der Waals surface area contributed by atoms with E-state index in [-0.39, 0.29) is 12.1 Å². The van der Waals surface area contributed by atoms with Crippen molar-refractivity contribution in [3.8, 4) is 0 Å². The summed E-state index contributed by atoms with van der Waals surface area (Å²) >= 11 is 0. The molecule has 0 unspecified atom stereocenters. The van der Waals surface area contributed by atoms with Crippen molar-refractivity contribution in [2.45, 2.75) is 38.3 Å². The molecule has 0 bridgehead atoms. The number of carbonyl (C=O) groups excluding carboxylic acids is 1. The molecule has 2 aliphatic heterocycles. The van der Waals surface area contributed by atoms with Gasteiger partial charge in [-0.3, -0.25) is 9.69 Å². The number of carbonyl (C=O) groups is 2. The smallest absolute Gasteiger partial charge is 0.317 e. The Hall–Kier alpha value is -2.08. The zero-order chi connectivity index (χ0) is 17.6. The quantitative estimate of drug-likeness (QED) is 0.877. The third-order valence-electron chi connectivity index (χ3n) is 5.22. The van der Waals surface area contributed by atoms with E-state index in [1.54, 1.807) is 4.90 Å². The number of rotatable bonds is 4. The summed E-state index contributed by atoms with van der Waals surface area (Å²) in [5.74, 6) is -1.22. The van der Waals surface area contributed by atoms with Crippen LogP contribution in [0.4, 0.5) is 4.79 Å². The Morgan fingerprint density at radius 3 is 2.48 bits per heavy atom. The van der Waals surface area contributed by atoms with Gasteiger partial charge in [0.05, 0.1) is 5.92 Å². The first-order valence-electron chi connectivity index (χ1n) is 9.16. The van der Waals surface area contributed by atoms with Gasteiger partial charge in [0.1, 0.15) is 0 Å². The second kappa shape index (κ2) is 8.34. The second-order valence-corrected chi connectivity index (χ2v) is 7.11. The molecule has 2 fully saturated rings. The number of piperidine rings is 2. The van der Waals surface area contributed by atoms with Crippen molar-refractivity contribution in [2.75, 3.05) is 26.2 Å². The van der Waals surface area contributed by atoms with E-state index in [9.17, 15) is 9.59 Å². The Balaban J connectivity index is 1.42. The first-order valence-corrected chi connectivity index (χ1v) is 9.16. The minimum Gasteiger partial charge on any atom is -0.481 e. The summed E-state index contributed by atoms with van der Waals surface area (Å²) in [7, 11) is 0. The van der Waals surface area contributed by atoms with Crippen LogP contribution in [0.1, 0.15) is 31.2 Å². The fourth-order valence-corrected chi connectivity index (χ4v) is 3.71. The molecule has 6 nitrogen and oxygen atoms in total. The van der Waals surface area contributed by atoms with Crippen LogP contribution in [0.2, 0.25) is 0 Å². The number of carboxylic acids is 1. The van der Waals surface area contributed by atoms with E-state index in [1.165, 1.54) is 5.56 Å². The topological polar surface area (TPSA) is 72.9 Å². The van der Waals surface area contributed by atoms with Crippen LogP contribution in [-0.2, 0) is 11.3 Å². The van der Waals surface area contributed by atoms with Crippen molar-refractivity contribution in [1.29, 1.82) is 0 Å². The highest BCUT2D eigenvalue weighted by Crippen LogP contribution is 2.18. The molecule has 25 heavy (non-hydrogen) atoms. The molecular weight excluding hydrogens is 318 g/mol. The van der Waals surface area contributed by atoms with Gasteiger partial charge >= 0.3 is 12.0 Å². The van der Waals surface area contributed by atoms with Gasteiger partial charge < -0.3 is 15.3 Å². The number of carboxylic acid groups (broad SMARTS) is 1. The molecule has 0 aliphatic carbocycles. The van der Waals surface area contributed by atoms with Crippen LogP contribution in [0.3, 0.4) is 0 Å². The summed E-state index contributed by atoms with van der Waals surface area (Å²) in [5, 5.41) is 12.2. The second-order valence-electron chi connectivity index (χ2n) is 7.11. The molecule has 0 radical (unpaired) electrons. The highest BCUT2D eigenvalue weighted by molar-refractivity contribution is 5.76. The molecule has 0 aromatic heterocycles. The largest absolute Gasteiger partial charge is 0.481 e. The van der Waals surface area contributed by atoms with Crippen LogP contribution in [0.15, 0.2) is 30.3 Å². The number of amides is 2. The summed E-state index contributed by atoms with van der Waals surface area (Å²) in [4.78, 5) is 27.6. The normalized spacial score (nSPS) is 22.6. The number of likely N-dealkylation sites (tertiary alicyclic amines) is 2. The SMILES string of the molecule is O=C(O)[C@@H]1CCCN(C(=O)NC2CCN(Cc3ccccc3)CC2)C1. The van der Waals surface area contributed by atoms with Crippen LogP contribution in [0, 0.1) is 5.92 Å². The Morgan fingerprint density at radius 2 is 1.80 bits per heavy atom. The van der Waals surface area contributed by atoms with E-state index < -0.39 is 11.9 Å². The molecule has 6 heteroatoms. The standard InChI is InChI=1S/C19H27N3O3/c23-18(24)16-7-4-10-22(14-16)19(25)20-17-8-11-21(12-9-17)13-15-5-2-1-3-6-15/h1-3,5-6,16-17H,4,7-14H2,(H,20,25)(H,23,24)/t16-/m1/s1. The molecule has 2 saturated heterocycles. The first-order chi connectivity index (χ1) is 12.1. The fraction of sp³-hybridized carbons (Fsp3) is 0.579. The maximum Gasteiger partial charge on any atom is 0.317 e. The van der Waals surface area contributed by atoms with E-state index in [4.69, 9.17) is 5.11 Å². The molecule has 0 saturated carbocycles. The average Bonchev–Trinajstić information content (AvgIpc) is 2.64. The number of nitrogens with one attached hydrogen (secondary N) is 1. The predicted octanol–water partition coefficient (Wildman–Crippen LogP) is 2.16. The lowest BCUT2D eigenvalue weighted by molar-refractivity contribution is -0.143. The number of benzene rings is 1. The molecule has 0 spiro atoms. The van der Waals surface area contributed by atoms with Crippen LogP contribution in [0.5, 0.6) is 0 Å². The highest BCUT2D eigenvalue weighted by Gasteiger charge is 2.29. The van der Waals surface area contributed by atoms with E-state index in [2.05, 4.69) is 34.5 Å². The van der Waals surface area contributed by atoms with Gasteiger partial charge in [0.25, 0.3) is 0 Å². The van der Waals surface area contributed by atoms with Crippen molar-refractivity contribution in [3.05, 3.63) is 35.9 Å². The summed E-state index contributed by atoms with van der Waals surface area (Å²) in [6, 6.07) is 10.5. The minimum absolute atomic E-state index is 0.104. The van der Waals surface area contributed by atoms with Gasteiger partial charge in [-0.25, -0.2) is 4.79 Å². The first kappa shape index (κ1) is 17.7. The van der Waals surface area contributed by atoms with Crippen LogP contribution in [0.25, 0.3) is 0 Å². The average molecular weight is 345 g/mol. The van der Waals surface area contributed by atoms with Crippen molar-refractivity contribution in [2.24, 2.45) is 5.92 Å². The molecule has 2 aliphatic rings. The lowest BCUT2D eigenvalue weighted by Crippen LogP contribution is -2.52. The van der Waals surface area contributed by atoms with E-state index >= 15 is 0 Å². The summed E-state index contributed by atoms with van der Waals surface area (Å²) < 4.78 is 0. The third kappa shape index (κ3) is 4.95. The summed E-state index contributed by atoms with van der Waals surface area (Å²) in [6.45, 7) is 3.87. The Kier molecular flexibility index (Phi) is 5.91. The molecule has 1 atom stereocenters. The molecular formula is C19H27N3O3. The monoisotopic (exact) mass is 345 g/mol. The lowest BCUT2D eigenvalue weighted by Gasteiger charge is -2.35. The zero-order valence-electron chi connectivity index (χ0n) is 14.6. The van der Waals surface area contributed by atoms with Crippen molar-refractivity contribution >= 4 is 12.0 Å². The van der Waals surface area contributed by atoms with Gasteiger partial charge in [-0.1, -0.05) is 30.3 Å². The van der Waals surface area contributed by atoms with Gasteiger partial charge in [-0.2, -0.15) is 0 Å². The van der Waals surface area contributed by atoms with E-state index in [0.717, 1.165) is 38.9 Å². The van der Waals surface area contributed by atoms with Crippen LogP contribution >= 0.6 is 0 Å². The number of hydrogen-bond donors (Lipinski definition) is 2. The molecule has 2 heterocycles. The maximum absolute atomic E-state index is 12.4. The van der Waals surface area contributed by atoms with Crippen molar-refractivity contribution in [3.63, 3.8) is 0 Å². The van der Waals surface area contributed by atoms with Crippen LogP contribution < -0.4 is 5.32 Å². The molecule has 2 N–H and O–H groups in total. The van der Waals surface area contributed by atoms with Gasteiger partial charge in [-0.05, 0) is 31.2 Å². The maximum atomic E-state index is 12.4. The van der Waals surface area contributed by atoms with Crippen LogP contribution in [-0.4, -0.2) is 59.1 Å². The number of aliphatic carboxylic acids is 1. The number of hydrogen-bond acceptors (Lipinski definition) is 3. The predicted molar refractivity (Wildman–Crippen MR) is 95.2 cm³/mol. The Bertz CT molecular complexity index is 585. The van der Waals surface area contributed by atoms with E-state index in [1.807, 2.05) is 6.07 Å². The fourth-order valence-electron chi connectivity index (χ4n) is 3.71. The van der Waals surface area contributed by atoms with E-state index in [0.29, 0.717) is 19.5 Å². The van der Waals surface area contributed by atoms with Gasteiger partial charge in [0, 0.05) is 38.8 Å². The lowest BCUT2D eigenvalue weighted by atomic mass is 9.98. The summed E-state index contributed by atoms with van der Waals surface area (Å²) in [5.41, 5.74) is 1.32. The number of urea groups is 1. The molecule has 136 valence electrons. The Labute approximate surface area is 148 Å². The van der Waals surface area contributed by atoms with Crippen molar-refractivity contribution in [1.82, 2.24) is 15.1 Å². The highest BCUT2D eigenvalue weighted by atomic mass is 16.4. The van der Waals surface area contributed by atoms with Gasteiger partial charge in [0.15, 0.2) is 0 Å². The van der Waals surface area contributed by atoms with Crippen molar-refractivity contribution < 1.29 is 14.7 Å². The molecule has 3 rings (SSSR count). The molecule has 1 aromatic carbocycles. The zero-order valence-corrected chi connectivity index (χ0v) is 14.6. The summed E-state index contributed by atoms with van der Waals surface area (Å²) in [6.07, 6.45) is 3.31. The minimum atomic E-state index is -0.799. The van der Waals surface area contributed by atoms with Gasteiger partial charge in [0.2, 0.25) is 0 Å². The number of nitrogens with zero attached hydrogens (tertiary/aromatic N) is 2. The third-order valence-corrected chi connectivity index (χ3v) is 5.22. The van der Waals surface area contributed by atoms with Gasteiger partial charge in [-0.15, -0.1) is 0 Å². The molecule has 1 aromatic rings. The Morgan fingerprint density at radius 1 is 1.08 bits per heavy atom.